The summed E-state index contributed by atoms with van der Waals surface area (Å²) in [5.74, 6) is 1.45. The average Bonchev–Trinajstić information content (AvgIpc) is 3.40. The number of fused-ring (bicyclic) bond motifs is 1. The number of nitrogens with zero attached hydrogens (tertiary/aromatic N) is 2. The summed E-state index contributed by atoms with van der Waals surface area (Å²) in [4.78, 5) is 30.8. The van der Waals surface area contributed by atoms with Gasteiger partial charge in [0.2, 0.25) is 18.6 Å². The number of carbonyl (C=O) groups excluding carboxylic acids is 2. The van der Waals surface area contributed by atoms with E-state index in [0.29, 0.717) is 32.0 Å². The van der Waals surface area contributed by atoms with Crippen LogP contribution in [0, 0.1) is 5.92 Å². The predicted molar refractivity (Wildman–Crippen MR) is 117 cm³/mol. The summed E-state index contributed by atoms with van der Waals surface area (Å²) in [6, 6.07) is 9.74. The molecule has 0 N–H and O–H groups in total. The van der Waals surface area contributed by atoms with E-state index in [0.717, 1.165) is 35.5 Å². The van der Waals surface area contributed by atoms with E-state index < -0.39 is 0 Å². The second-order valence-corrected chi connectivity index (χ2v) is 8.93. The molecule has 2 amide bonds. The summed E-state index contributed by atoms with van der Waals surface area (Å²) in [5.41, 5.74) is 0.961. The van der Waals surface area contributed by atoms with Gasteiger partial charge >= 0.3 is 0 Å². The Kier molecular flexibility index (Phi) is 7.09. The van der Waals surface area contributed by atoms with Gasteiger partial charge in [0.05, 0.1) is 19.7 Å². The summed E-state index contributed by atoms with van der Waals surface area (Å²) in [6.07, 6.45) is 2.90. The van der Waals surface area contributed by atoms with Crippen LogP contribution in [-0.2, 0) is 27.4 Å². The summed E-state index contributed by atoms with van der Waals surface area (Å²) >= 11 is 1.62. The molecule has 0 unspecified atom stereocenters. The Labute approximate surface area is 186 Å². The minimum Gasteiger partial charge on any atom is -0.454 e. The molecule has 31 heavy (non-hydrogen) atoms. The number of rotatable bonds is 10. The first-order valence-electron chi connectivity index (χ1n) is 10.6. The molecule has 2 aromatic rings. The smallest absolute Gasteiger partial charge is 0.242 e. The molecular weight excluding hydrogens is 416 g/mol. The average molecular weight is 445 g/mol. The van der Waals surface area contributed by atoms with Gasteiger partial charge < -0.3 is 24.0 Å². The summed E-state index contributed by atoms with van der Waals surface area (Å²) in [7, 11) is 1.61. The van der Waals surface area contributed by atoms with Crippen molar-refractivity contribution in [2.24, 2.45) is 5.92 Å². The highest BCUT2D eigenvalue weighted by Gasteiger charge is 2.31. The minimum atomic E-state index is -0.0742. The fraction of sp³-hybridized carbons (Fsp3) is 0.478. The Balaban J connectivity index is 1.48. The monoisotopic (exact) mass is 444 g/mol. The van der Waals surface area contributed by atoms with Gasteiger partial charge in [0.25, 0.3) is 0 Å². The molecule has 0 atom stereocenters. The molecule has 2 aliphatic rings. The van der Waals surface area contributed by atoms with Crippen molar-refractivity contribution in [2.45, 2.75) is 32.4 Å². The van der Waals surface area contributed by atoms with Crippen LogP contribution in [0.1, 0.15) is 29.7 Å². The van der Waals surface area contributed by atoms with E-state index in [9.17, 15) is 9.59 Å². The van der Waals surface area contributed by atoms with Crippen LogP contribution < -0.4 is 9.47 Å². The zero-order valence-corrected chi connectivity index (χ0v) is 18.6. The van der Waals surface area contributed by atoms with Gasteiger partial charge in [-0.05, 0) is 42.0 Å². The zero-order valence-electron chi connectivity index (χ0n) is 17.7. The van der Waals surface area contributed by atoms with Crippen LogP contribution in [0.25, 0.3) is 0 Å². The highest BCUT2D eigenvalue weighted by molar-refractivity contribution is 7.09. The molecule has 1 aliphatic carbocycles. The standard InChI is InChI=1S/C23H28N2O5S/c1-28-10-9-24(23(27)18-4-2-5-18)15-22(26)25(14-19-6-3-11-31-19)13-17-7-8-20-21(12-17)30-16-29-20/h3,6-8,11-12,18H,2,4-5,9-10,13-16H2,1H3. The van der Waals surface area contributed by atoms with Crippen LogP contribution in [0.15, 0.2) is 35.7 Å². The molecule has 8 heteroatoms. The quantitative estimate of drug-likeness (QED) is 0.563. The molecule has 0 saturated heterocycles. The number of hydrogen-bond acceptors (Lipinski definition) is 6. The molecule has 1 aliphatic heterocycles. The highest BCUT2D eigenvalue weighted by atomic mass is 32.1. The van der Waals surface area contributed by atoms with Crippen LogP contribution in [-0.4, -0.2) is 55.2 Å². The second kappa shape index (κ2) is 10.2. The lowest BCUT2D eigenvalue weighted by Crippen LogP contribution is -2.46. The van der Waals surface area contributed by atoms with Gasteiger partial charge in [0, 0.05) is 31.0 Å². The topological polar surface area (TPSA) is 68.3 Å². The lowest BCUT2D eigenvalue weighted by Gasteiger charge is -2.33. The summed E-state index contributed by atoms with van der Waals surface area (Å²) in [5, 5.41) is 2.00. The number of hydrogen-bond donors (Lipinski definition) is 0. The fourth-order valence-electron chi connectivity index (χ4n) is 3.73. The van der Waals surface area contributed by atoms with Crippen molar-refractivity contribution in [3.05, 3.63) is 46.2 Å². The van der Waals surface area contributed by atoms with Gasteiger partial charge in [-0.1, -0.05) is 18.6 Å². The van der Waals surface area contributed by atoms with Crippen molar-refractivity contribution in [2.75, 3.05) is 33.6 Å². The Morgan fingerprint density at radius 2 is 1.97 bits per heavy atom. The van der Waals surface area contributed by atoms with Crippen molar-refractivity contribution in [1.29, 1.82) is 0 Å². The molecule has 1 fully saturated rings. The number of ether oxygens (including phenoxy) is 3. The zero-order chi connectivity index (χ0) is 21.6. The minimum absolute atomic E-state index is 0.0456. The maximum atomic E-state index is 13.4. The maximum Gasteiger partial charge on any atom is 0.242 e. The van der Waals surface area contributed by atoms with E-state index in [1.807, 2.05) is 35.7 Å². The molecule has 1 aromatic heterocycles. The molecule has 2 heterocycles. The predicted octanol–water partition coefficient (Wildman–Crippen LogP) is 3.28. The van der Waals surface area contributed by atoms with Gasteiger partial charge in [-0.25, -0.2) is 0 Å². The third-order valence-electron chi connectivity index (χ3n) is 5.75. The molecule has 0 bridgehead atoms. The SMILES string of the molecule is COCCN(CC(=O)N(Cc1ccc2c(c1)OCO2)Cc1cccs1)C(=O)C1CCC1. The first-order chi connectivity index (χ1) is 15.1. The Morgan fingerprint density at radius 1 is 1.13 bits per heavy atom. The van der Waals surface area contributed by atoms with Crippen molar-refractivity contribution in [1.82, 2.24) is 9.80 Å². The van der Waals surface area contributed by atoms with Gasteiger partial charge in [-0.2, -0.15) is 0 Å². The van der Waals surface area contributed by atoms with Crippen LogP contribution in [0.3, 0.4) is 0 Å². The van der Waals surface area contributed by atoms with Crippen molar-refractivity contribution in [3.8, 4) is 11.5 Å². The van der Waals surface area contributed by atoms with E-state index in [1.165, 1.54) is 0 Å². The van der Waals surface area contributed by atoms with Gasteiger partial charge in [-0.3, -0.25) is 9.59 Å². The number of carbonyl (C=O) groups is 2. The second-order valence-electron chi connectivity index (χ2n) is 7.90. The molecule has 0 spiro atoms. The normalized spacial score (nSPS) is 14.9. The first kappa shape index (κ1) is 21.6. The first-order valence-corrected chi connectivity index (χ1v) is 11.5. The van der Waals surface area contributed by atoms with E-state index in [1.54, 1.807) is 28.2 Å². The number of thiophene rings is 1. The molecule has 1 aromatic carbocycles. The Bertz CT molecular complexity index is 897. The van der Waals surface area contributed by atoms with E-state index in [4.69, 9.17) is 14.2 Å². The van der Waals surface area contributed by atoms with Gasteiger partial charge in [0.15, 0.2) is 11.5 Å². The Hall–Kier alpha value is -2.58. The molecule has 0 radical (unpaired) electrons. The van der Waals surface area contributed by atoms with Crippen LogP contribution in [0.5, 0.6) is 11.5 Å². The van der Waals surface area contributed by atoms with Gasteiger partial charge in [0.1, 0.15) is 0 Å². The third-order valence-corrected chi connectivity index (χ3v) is 6.61. The van der Waals surface area contributed by atoms with Crippen LogP contribution >= 0.6 is 11.3 Å². The number of methoxy groups -OCH3 is 1. The summed E-state index contributed by atoms with van der Waals surface area (Å²) in [6.45, 7) is 2.06. The highest BCUT2D eigenvalue weighted by Crippen LogP contribution is 2.33. The largest absolute Gasteiger partial charge is 0.454 e. The van der Waals surface area contributed by atoms with Gasteiger partial charge in [-0.15, -0.1) is 11.3 Å². The van der Waals surface area contributed by atoms with Crippen LogP contribution in [0.2, 0.25) is 0 Å². The molecule has 4 rings (SSSR count). The third kappa shape index (κ3) is 5.37. The van der Waals surface area contributed by atoms with Crippen molar-refractivity contribution >= 4 is 23.2 Å². The van der Waals surface area contributed by atoms with E-state index >= 15 is 0 Å². The Morgan fingerprint density at radius 3 is 2.68 bits per heavy atom. The van der Waals surface area contributed by atoms with E-state index in [-0.39, 0.29) is 31.1 Å². The number of benzene rings is 1. The summed E-state index contributed by atoms with van der Waals surface area (Å²) < 4.78 is 16.0. The molecular formula is C23H28N2O5S. The molecule has 166 valence electrons. The van der Waals surface area contributed by atoms with E-state index in [2.05, 4.69) is 0 Å². The maximum absolute atomic E-state index is 13.4. The number of amides is 2. The van der Waals surface area contributed by atoms with Crippen molar-refractivity contribution < 1.29 is 23.8 Å². The molecule has 1 saturated carbocycles. The van der Waals surface area contributed by atoms with Crippen molar-refractivity contribution in [3.63, 3.8) is 0 Å². The lowest BCUT2D eigenvalue weighted by atomic mass is 9.84. The van der Waals surface area contributed by atoms with Crippen LogP contribution in [0.4, 0.5) is 0 Å². The fourth-order valence-corrected chi connectivity index (χ4v) is 4.45. The molecule has 7 nitrogen and oxygen atoms in total. The lowest BCUT2D eigenvalue weighted by molar-refractivity contribution is -0.145.